The second-order valence-electron chi connectivity index (χ2n) is 16.7. The summed E-state index contributed by atoms with van der Waals surface area (Å²) in [5, 5.41) is 9.01. The van der Waals surface area contributed by atoms with E-state index < -0.39 is 21.3 Å². The Kier molecular flexibility index (Phi) is 10.9. The monoisotopic (exact) mass is 835 g/mol. The molecule has 2 aromatic heterocycles. The van der Waals surface area contributed by atoms with Gasteiger partial charge in [-0.15, -0.1) is 0 Å². The highest BCUT2D eigenvalue weighted by atomic mass is 32.2. The van der Waals surface area contributed by atoms with Crippen LogP contribution in [0.15, 0.2) is 101 Å². The van der Waals surface area contributed by atoms with Crippen LogP contribution >= 0.6 is 0 Å². The van der Waals surface area contributed by atoms with Gasteiger partial charge >= 0.3 is 0 Å². The van der Waals surface area contributed by atoms with Crippen LogP contribution in [0.4, 0.5) is 13.2 Å². The number of sulfonamides is 1. The van der Waals surface area contributed by atoms with Gasteiger partial charge in [-0.1, -0.05) is 24.5 Å². The number of carbonyl (C=O) groups excluding carboxylic acids is 2. The number of fused-ring (bicyclic) bond motifs is 4. The molecule has 0 spiro atoms. The van der Waals surface area contributed by atoms with Crippen molar-refractivity contribution in [1.29, 1.82) is 0 Å². The summed E-state index contributed by atoms with van der Waals surface area (Å²) < 4.78 is 71.3. The molecule has 312 valence electrons. The Balaban J connectivity index is 0.000000176. The molecule has 13 heteroatoms. The lowest BCUT2D eigenvalue weighted by atomic mass is 9.59. The first-order valence-electron chi connectivity index (χ1n) is 20.5. The Hall–Kier alpha value is -5.40. The van der Waals surface area contributed by atoms with E-state index in [2.05, 4.69) is 23.2 Å². The fourth-order valence-electron chi connectivity index (χ4n) is 9.85. The van der Waals surface area contributed by atoms with Crippen molar-refractivity contribution >= 4 is 33.7 Å². The van der Waals surface area contributed by atoms with Gasteiger partial charge in [-0.3, -0.25) is 9.59 Å². The largest absolute Gasteiger partial charge is 0.299 e. The van der Waals surface area contributed by atoms with Gasteiger partial charge in [0.05, 0.1) is 50.9 Å². The van der Waals surface area contributed by atoms with E-state index in [0.717, 1.165) is 83.7 Å². The molecule has 2 saturated carbocycles. The van der Waals surface area contributed by atoms with E-state index in [9.17, 15) is 31.2 Å². The molecule has 4 atom stereocenters. The topological polar surface area (TPSA) is 107 Å². The molecule has 0 unspecified atom stereocenters. The number of rotatable bonds is 8. The van der Waals surface area contributed by atoms with Crippen LogP contribution < -0.4 is 0 Å². The number of halogens is 3. The molecule has 0 radical (unpaired) electrons. The fourth-order valence-corrected chi connectivity index (χ4v) is 11.2. The molecular formula is C47H48F3N5O4S. The molecule has 2 fully saturated rings. The Bertz CT molecular complexity index is 2630. The predicted molar refractivity (Wildman–Crippen MR) is 223 cm³/mol. The number of carbonyl (C=O) groups is 2. The summed E-state index contributed by atoms with van der Waals surface area (Å²) in [7, 11) is -2.33. The van der Waals surface area contributed by atoms with Crippen molar-refractivity contribution in [2.24, 2.45) is 16.7 Å². The van der Waals surface area contributed by atoms with Gasteiger partial charge in [0, 0.05) is 13.1 Å². The van der Waals surface area contributed by atoms with E-state index >= 15 is 0 Å². The second-order valence-corrected chi connectivity index (χ2v) is 18.7. The third-order valence-electron chi connectivity index (χ3n) is 13.5. The van der Waals surface area contributed by atoms with E-state index in [4.69, 9.17) is 0 Å². The van der Waals surface area contributed by atoms with Crippen molar-refractivity contribution in [3.05, 3.63) is 136 Å². The number of hydrogen-bond acceptors (Lipinski definition) is 6. The Morgan fingerprint density at radius 2 is 1.13 bits per heavy atom. The molecule has 60 heavy (non-hydrogen) atoms. The maximum absolute atomic E-state index is 13.4. The van der Waals surface area contributed by atoms with Crippen molar-refractivity contribution in [2.75, 3.05) is 7.05 Å². The molecule has 4 aliphatic carbocycles. The molecule has 3 aromatic carbocycles. The zero-order valence-corrected chi connectivity index (χ0v) is 35.0. The Morgan fingerprint density at radius 1 is 0.700 bits per heavy atom. The molecular weight excluding hydrogens is 788 g/mol. The third-order valence-corrected chi connectivity index (χ3v) is 15.4. The van der Waals surface area contributed by atoms with Gasteiger partial charge in [0.2, 0.25) is 10.0 Å². The van der Waals surface area contributed by atoms with Gasteiger partial charge in [-0.2, -0.15) is 14.5 Å². The average molecular weight is 836 g/mol. The van der Waals surface area contributed by atoms with Crippen molar-refractivity contribution in [2.45, 2.75) is 89.5 Å². The van der Waals surface area contributed by atoms with Crippen molar-refractivity contribution in [1.82, 2.24) is 23.9 Å². The lowest BCUT2D eigenvalue weighted by Crippen LogP contribution is -2.48. The fraction of sp³-hybridized carbons (Fsp3) is 0.362. The first-order valence-corrected chi connectivity index (χ1v) is 21.9. The van der Waals surface area contributed by atoms with E-state index in [-0.39, 0.29) is 39.6 Å². The van der Waals surface area contributed by atoms with Crippen molar-refractivity contribution in [3.8, 4) is 11.4 Å². The van der Waals surface area contributed by atoms with Gasteiger partial charge < -0.3 is 0 Å². The average Bonchev–Trinajstić information content (AvgIpc) is 3.85. The van der Waals surface area contributed by atoms with Gasteiger partial charge in [0.25, 0.3) is 0 Å². The highest BCUT2D eigenvalue weighted by Crippen LogP contribution is 2.52. The lowest BCUT2D eigenvalue weighted by Gasteiger charge is -2.45. The SMILES string of the molecule is CC(=O)[C@]12Cc3cnn(-c4ccc(F)cc4)c3C=C1CC[C@H](N(C)S(=O)(=O)c1ccc(F)cc1)C2.CC[C@H]1CCC2=Cc3c(cnn3-c3ccc(F)cc3)C[C@]2(C(C)=O)C1. The number of Topliss-reactive ketones (excluding diaryl/α,β-unsaturated/α-hetero) is 2. The quantitative estimate of drug-likeness (QED) is 0.154. The predicted octanol–water partition coefficient (Wildman–Crippen LogP) is 9.28. The van der Waals surface area contributed by atoms with E-state index in [1.807, 2.05) is 17.0 Å². The summed E-state index contributed by atoms with van der Waals surface area (Å²) in [4.78, 5) is 25.7. The minimum absolute atomic E-state index is 0.0128. The van der Waals surface area contributed by atoms with Gasteiger partial charge in [-0.05, 0) is 167 Å². The zero-order chi connectivity index (χ0) is 42.6. The number of allylic oxidation sites excluding steroid dienone is 2. The molecule has 0 N–H and O–H groups in total. The van der Waals surface area contributed by atoms with Crippen LogP contribution in [0.1, 0.15) is 88.2 Å². The second kappa shape index (κ2) is 15.9. The number of benzene rings is 3. The Labute approximate surface area is 348 Å². The number of ketones is 2. The molecule has 2 heterocycles. The number of hydrogen-bond donors (Lipinski definition) is 0. The number of nitrogens with zero attached hydrogens (tertiary/aromatic N) is 5. The first kappa shape index (κ1) is 41.3. The van der Waals surface area contributed by atoms with Crippen LogP contribution in [-0.4, -0.2) is 56.9 Å². The molecule has 5 aromatic rings. The summed E-state index contributed by atoms with van der Waals surface area (Å²) in [6.07, 6.45) is 14.6. The maximum Gasteiger partial charge on any atom is 0.243 e. The Morgan fingerprint density at radius 3 is 1.58 bits per heavy atom. The first-order chi connectivity index (χ1) is 28.6. The van der Waals surface area contributed by atoms with Gasteiger partial charge in [-0.25, -0.2) is 31.0 Å². The zero-order valence-electron chi connectivity index (χ0n) is 34.2. The van der Waals surface area contributed by atoms with Crippen molar-refractivity contribution in [3.63, 3.8) is 0 Å². The van der Waals surface area contributed by atoms with Crippen LogP contribution in [0.5, 0.6) is 0 Å². The molecule has 9 nitrogen and oxygen atoms in total. The van der Waals surface area contributed by atoms with Crippen molar-refractivity contribution < 1.29 is 31.2 Å². The third kappa shape index (κ3) is 7.29. The van der Waals surface area contributed by atoms with Crippen LogP contribution in [0, 0.1) is 34.2 Å². The molecule has 0 aliphatic heterocycles. The van der Waals surface area contributed by atoms with E-state index in [0.29, 0.717) is 31.6 Å². The van der Waals surface area contributed by atoms with Crippen LogP contribution in [0.3, 0.4) is 0 Å². The van der Waals surface area contributed by atoms with Crippen LogP contribution in [0.2, 0.25) is 0 Å². The summed E-state index contributed by atoms with van der Waals surface area (Å²) in [6, 6.07) is 16.8. The van der Waals surface area contributed by atoms with Crippen LogP contribution in [0.25, 0.3) is 23.5 Å². The molecule has 4 aliphatic rings. The molecule has 9 rings (SSSR count). The summed E-state index contributed by atoms with van der Waals surface area (Å²) >= 11 is 0. The number of aromatic nitrogens is 4. The minimum atomic E-state index is -3.85. The van der Waals surface area contributed by atoms with Gasteiger partial charge in [0.15, 0.2) is 0 Å². The normalized spacial score (nSPS) is 23.2. The standard InChI is InChI=1S/C26H25F2N3O3S.C21H23FN2O/c1-17(32)26-14-18-16-29-31(22-9-4-20(27)5-10-22)25(18)13-19(26)3-8-23(15-26)30(2)35(33,34)24-11-6-21(28)7-12-24;1-3-15-4-5-17-10-20-16(12-21(17,11-15)14(2)25)13-23-24(20)19-8-6-18(22)7-9-19/h4-7,9-13,16,23H,3,8,14-15H2,1-2H3;6-10,13,15H,3-5,11-12H2,1-2H3/t23-,26+;15-,21-/m00/s1. The highest BCUT2D eigenvalue weighted by Gasteiger charge is 2.49. The summed E-state index contributed by atoms with van der Waals surface area (Å²) in [5.74, 6) is -0.208. The smallest absolute Gasteiger partial charge is 0.243 e. The summed E-state index contributed by atoms with van der Waals surface area (Å²) in [5.41, 5.74) is 6.50. The van der Waals surface area contributed by atoms with E-state index in [1.54, 1.807) is 49.0 Å². The highest BCUT2D eigenvalue weighted by molar-refractivity contribution is 7.89. The maximum atomic E-state index is 13.4. The van der Waals surface area contributed by atoms with Crippen LogP contribution in [-0.2, 0) is 32.5 Å². The molecule has 0 saturated heterocycles. The minimum Gasteiger partial charge on any atom is -0.299 e. The molecule has 0 bridgehead atoms. The van der Waals surface area contributed by atoms with Gasteiger partial charge in [0.1, 0.15) is 29.0 Å². The molecule has 0 amide bonds. The lowest BCUT2D eigenvalue weighted by molar-refractivity contribution is -0.127. The van der Waals surface area contributed by atoms with E-state index in [1.165, 1.54) is 53.3 Å². The summed E-state index contributed by atoms with van der Waals surface area (Å²) in [6.45, 7) is 5.51.